The van der Waals surface area contributed by atoms with Gasteiger partial charge >= 0.3 is 0 Å². The predicted octanol–water partition coefficient (Wildman–Crippen LogP) is 4.23. The molecule has 192 valence electrons. The topological polar surface area (TPSA) is 102 Å². The third-order valence-corrected chi connectivity index (χ3v) is 8.66. The molecular weight excluding hydrogens is 476 g/mol. The average Bonchev–Trinajstić information content (AvgIpc) is 3.70. The number of carbonyl (C=O) groups excluding carboxylic acids is 2. The van der Waals surface area contributed by atoms with Crippen LogP contribution in [-0.2, 0) is 31.6 Å². The SMILES string of the molecule is CCCCOc1ccc([C@]2(C)CC(c3ccc(CC)cc3)=C(C(=O)NS(=O)(=O)C3CC3)C(=O)N2)cc1. The number of unbranched alkanes of at least 4 members (excludes halogenated alkanes) is 1. The standard InChI is InChI=1S/C28H34N2O5S/c1-4-6-17-35-22-13-11-21(12-14-22)28(3)18-24(20-9-7-19(5-2)8-10-20)25(26(31)29-28)27(32)30-36(33,34)23-15-16-23/h7-14,23H,4-6,15-18H2,1-3H3,(H,29,31)(H,30,32)/t28-/m0/s1. The van der Waals surface area contributed by atoms with Crippen LogP contribution in [0.1, 0.15) is 69.6 Å². The monoisotopic (exact) mass is 510 g/mol. The van der Waals surface area contributed by atoms with Gasteiger partial charge in [0.1, 0.15) is 11.3 Å². The Morgan fingerprint density at radius 3 is 2.33 bits per heavy atom. The maximum absolute atomic E-state index is 13.4. The Labute approximate surface area is 213 Å². The molecule has 1 atom stereocenters. The number of aryl methyl sites for hydroxylation is 1. The molecule has 1 heterocycles. The molecule has 0 radical (unpaired) electrons. The van der Waals surface area contributed by atoms with E-state index in [0.29, 0.717) is 31.4 Å². The molecule has 2 aliphatic rings. The second kappa shape index (κ2) is 10.5. The van der Waals surface area contributed by atoms with Crippen molar-refractivity contribution >= 4 is 27.4 Å². The van der Waals surface area contributed by atoms with Crippen LogP contribution in [0.15, 0.2) is 54.1 Å². The number of amides is 2. The Morgan fingerprint density at radius 2 is 1.75 bits per heavy atom. The van der Waals surface area contributed by atoms with E-state index in [-0.39, 0.29) is 5.57 Å². The van der Waals surface area contributed by atoms with Gasteiger partial charge in [0, 0.05) is 6.42 Å². The molecule has 0 unspecified atom stereocenters. The van der Waals surface area contributed by atoms with Gasteiger partial charge in [-0.3, -0.25) is 9.59 Å². The minimum Gasteiger partial charge on any atom is -0.494 e. The number of carbonyl (C=O) groups is 2. The van der Waals surface area contributed by atoms with Crippen molar-refractivity contribution in [3.8, 4) is 5.75 Å². The lowest BCUT2D eigenvalue weighted by Crippen LogP contribution is -2.50. The van der Waals surface area contributed by atoms with Crippen molar-refractivity contribution < 1.29 is 22.7 Å². The molecule has 2 amide bonds. The molecule has 0 bridgehead atoms. The quantitative estimate of drug-likeness (QED) is 0.368. The summed E-state index contributed by atoms with van der Waals surface area (Å²) in [7, 11) is -3.80. The lowest BCUT2D eigenvalue weighted by Gasteiger charge is -2.37. The van der Waals surface area contributed by atoms with Crippen LogP contribution in [0, 0.1) is 0 Å². The van der Waals surface area contributed by atoms with Crippen molar-refractivity contribution in [2.24, 2.45) is 0 Å². The lowest BCUT2D eigenvalue weighted by atomic mass is 9.78. The van der Waals surface area contributed by atoms with E-state index in [1.807, 2.05) is 55.5 Å². The maximum atomic E-state index is 13.4. The number of nitrogens with one attached hydrogen (secondary N) is 2. The second-order valence-corrected chi connectivity index (χ2v) is 11.7. The number of benzene rings is 2. The van der Waals surface area contributed by atoms with Crippen molar-refractivity contribution in [1.29, 1.82) is 0 Å². The highest BCUT2D eigenvalue weighted by atomic mass is 32.2. The first-order valence-corrected chi connectivity index (χ1v) is 14.2. The number of hydrogen-bond donors (Lipinski definition) is 2. The Bertz CT molecular complexity index is 1260. The smallest absolute Gasteiger partial charge is 0.270 e. The van der Waals surface area contributed by atoms with Crippen LogP contribution in [0.2, 0.25) is 0 Å². The van der Waals surface area contributed by atoms with Crippen molar-refractivity contribution in [2.75, 3.05) is 6.61 Å². The van der Waals surface area contributed by atoms with Crippen LogP contribution in [0.4, 0.5) is 0 Å². The number of rotatable bonds is 10. The Morgan fingerprint density at radius 1 is 1.08 bits per heavy atom. The van der Waals surface area contributed by atoms with Crippen LogP contribution < -0.4 is 14.8 Å². The highest BCUT2D eigenvalue weighted by Crippen LogP contribution is 2.39. The van der Waals surface area contributed by atoms with Gasteiger partial charge in [-0.2, -0.15) is 0 Å². The molecule has 0 saturated heterocycles. The molecule has 2 aromatic carbocycles. The van der Waals surface area contributed by atoms with E-state index in [9.17, 15) is 18.0 Å². The zero-order valence-electron chi connectivity index (χ0n) is 21.1. The summed E-state index contributed by atoms with van der Waals surface area (Å²) >= 11 is 0. The minimum absolute atomic E-state index is 0.152. The third kappa shape index (κ3) is 5.64. The normalized spacial score (nSPS) is 20.1. The zero-order valence-corrected chi connectivity index (χ0v) is 21.9. The fourth-order valence-corrected chi connectivity index (χ4v) is 5.72. The third-order valence-electron chi connectivity index (χ3n) is 6.84. The summed E-state index contributed by atoms with van der Waals surface area (Å²) in [5, 5.41) is 2.41. The van der Waals surface area contributed by atoms with Crippen LogP contribution in [0.3, 0.4) is 0 Å². The van der Waals surface area contributed by atoms with Gasteiger partial charge in [-0.05, 0) is 67.0 Å². The molecule has 1 saturated carbocycles. The molecule has 1 aliphatic carbocycles. The molecule has 1 fully saturated rings. The molecule has 2 N–H and O–H groups in total. The Balaban J connectivity index is 1.69. The maximum Gasteiger partial charge on any atom is 0.270 e. The van der Waals surface area contributed by atoms with Gasteiger partial charge in [0.05, 0.1) is 17.4 Å². The molecule has 36 heavy (non-hydrogen) atoms. The fraction of sp³-hybridized carbons (Fsp3) is 0.429. The van der Waals surface area contributed by atoms with Gasteiger partial charge in [-0.15, -0.1) is 0 Å². The summed E-state index contributed by atoms with van der Waals surface area (Å²) in [5.41, 5.74) is 2.30. The zero-order chi connectivity index (χ0) is 25.9. The van der Waals surface area contributed by atoms with E-state index in [0.717, 1.165) is 41.7 Å². The predicted molar refractivity (Wildman–Crippen MR) is 140 cm³/mol. The largest absolute Gasteiger partial charge is 0.494 e. The first-order valence-electron chi connectivity index (χ1n) is 12.6. The van der Waals surface area contributed by atoms with E-state index >= 15 is 0 Å². The molecule has 4 rings (SSSR count). The van der Waals surface area contributed by atoms with Gasteiger partial charge in [0.15, 0.2) is 0 Å². The molecule has 0 aromatic heterocycles. The van der Waals surface area contributed by atoms with Gasteiger partial charge in [0.25, 0.3) is 11.8 Å². The summed E-state index contributed by atoms with van der Waals surface area (Å²) < 4.78 is 32.8. The van der Waals surface area contributed by atoms with E-state index in [1.54, 1.807) is 0 Å². The van der Waals surface area contributed by atoms with Crippen LogP contribution in [0.5, 0.6) is 5.75 Å². The van der Waals surface area contributed by atoms with Crippen molar-refractivity contribution in [1.82, 2.24) is 10.0 Å². The van der Waals surface area contributed by atoms with E-state index in [4.69, 9.17) is 4.74 Å². The van der Waals surface area contributed by atoms with Crippen molar-refractivity contribution in [2.45, 2.75) is 70.1 Å². The molecule has 8 heteroatoms. The molecule has 2 aromatic rings. The minimum atomic E-state index is -3.80. The van der Waals surface area contributed by atoms with Crippen molar-refractivity contribution in [3.63, 3.8) is 0 Å². The van der Waals surface area contributed by atoms with E-state index < -0.39 is 32.6 Å². The van der Waals surface area contributed by atoms with Crippen LogP contribution >= 0.6 is 0 Å². The summed E-state index contributed by atoms with van der Waals surface area (Å²) in [6, 6.07) is 15.3. The molecule has 7 nitrogen and oxygen atoms in total. The Kier molecular flexibility index (Phi) is 7.54. The fourth-order valence-electron chi connectivity index (χ4n) is 4.43. The second-order valence-electron chi connectivity index (χ2n) is 9.77. The summed E-state index contributed by atoms with van der Waals surface area (Å²) in [5.74, 6) is -0.713. The summed E-state index contributed by atoms with van der Waals surface area (Å²) in [6.45, 7) is 6.72. The van der Waals surface area contributed by atoms with Gasteiger partial charge < -0.3 is 10.1 Å². The first-order chi connectivity index (χ1) is 17.2. The van der Waals surface area contributed by atoms with Gasteiger partial charge in [0.2, 0.25) is 10.0 Å². The highest BCUT2D eigenvalue weighted by Gasteiger charge is 2.42. The van der Waals surface area contributed by atoms with Crippen molar-refractivity contribution in [3.05, 3.63) is 70.8 Å². The first kappa shape index (κ1) is 25.9. The molecule has 1 aliphatic heterocycles. The molecule has 0 spiro atoms. The highest BCUT2D eigenvalue weighted by molar-refractivity contribution is 7.91. The molecular formula is C28H34N2O5S. The summed E-state index contributed by atoms with van der Waals surface area (Å²) in [6.07, 6.45) is 4.25. The van der Waals surface area contributed by atoms with E-state index in [2.05, 4.69) is 23.9 Å². The average molecular weight is 511 g/mol. The summed E-state index contributed by atoms with van der Waals surface area (Å²) in [4.78, 5) is 26.5. The van der Waals surface area contributed by atoms with Crippen LogP contribution in [-0.4, -0.2) is 32.1 Å². The number of hydrogen-bond acceptors (Lipinski definition) is 5. The Hall–Kier alpha value is -3.13. The van der Waals surface area contributed by atoms with Crippen LogP contribution in [0.25, 0.3) is 5.57 Å². The lowest BCUT2D eigenvalue weighted by molar-refractivity contribution is -0.124. The number of ether oxygens (including phenoxy) is 1. The van der Waals surface area contributed by atoms with E-state index in [1.165, 1.54) is 0 Å². The van der Waals surface area contributed by atoms with Gasteiger partial charge in [-0.25, -0.2) is 13.1 Å². The van der Waals surface area contributed by atoms with Gasteiger partial charge in [-0.1, -0.05) is 56.7 Å². The number of sulfonamides is 1.